The Kier molecular flexibility index (Phi) is 4.32. The Bertz CT molecular complexity index is 754. The van der Waals surface area contributed by atoms with Crippen molar-refractivity contribution in [3.05, 3.63) is 71.3 Å². The van der Waals surface area contributed by atoms with Crippen LogP contribution < -0.4 is 5.73 Å². The van der Waals surface area contributed by atoms with Crippen molar-refractivity contribution in [1.82, 2.24) is 4.90 Å². The van der Waals surface area contributed by atoms with E-state index in [4.69, 9.17) is 10.5 Å². The van der Waals surface area contributed by atoms with Gasteiger partial charge in [-0.25, -0.2) is 0 Å². The zero-order chi connectivity index (χ0) is 17.3. The monoisotopic (exact) mass is 336 g/mol. The fraction of sp³-hybridized carbons (Fsp3) is 0.381. The van der Waals surface area contributed by atoms with Gasteiger partial charge in [-0.05, 0) is 29.5 Å². The zero-order valence-electron chi connectivity index (χ0n) is 14.4. The van der Waals surface area contributed by atoms with Gasteiger partial charge in [-0.1, -0.05) is 54.6 Å². The van der Waals surface area contributed by atoms with E-state index in [1.165, 1.54) is 16.7 Å². The molecule has 130 valence electrons. The highest BCUT2D eigenvalue weighted by atomic mass is 16.5. The fourth-order valence-corrected chi connectivity index (χ4v) is 4.00. The van der Waals surface area contributed by atoms with Crippen LogP contribution in [0.3, 0.4) is 0 Å². The van der Waals surface area contributed by atoms with Crippen LogP contribution in [0.2, 0.25) is 0 Å². The summed E-state index contributed by atoms with van der Waals surface area (Å²) in [5, 5.41) is 0. The number of hydrogen-bond donors (Lipinski definition) is 1. The van der Waals surface area contributed by atoms with Gasteiger partial charge in [0.15, 0.2) is 0 Å². The maximum atomic E-state index is 13.2. The number of amides is 1. The van der Waals surface area contributed by atoms with Gasteiger partial charge in [0.05, 0.1) is 5.54 Å². The van der Waals surface area contributed by atoms with Gasteiger partial charge in [-0.15, -0.1) is 0 Å². The maximum absolute atomic E-state index is 13.2. The summed E-state index contributed by atoms with van der Waals surface area (Å²) < 4.78 is 5.40. The molecule has 2 heterocycles. The quantitative estimate of drug-likeness (QED) is 0.917. The second-order valence-corrected chi connectivity index (χ2v) is 7.12. The van der Waals surface area contributed by atoms with Gasteiger partial charge in [-0.3, -0.25) is 4.79 Å². The Hall–Kier alpha value is -2.17. The van der Waals surface area contributed by atoms with Crippen LogP contribution in [-0.4, -0.2) is 36.1 Å². The van der Waals surface area contributed by atoms with E-state index in [0.717, 1.165) is 0 Å². The number of fused-ring (bicyclic) bond motifs is 1. The zero-order valence-corrected chi connectivity index (χ0v) is 14.4. The maximum Gasteiger partial charge on any atom is 0.243 e. The molecule has 2 aromatic rings. The SMILES string of the molecule is NC1(C(=O)N2Cc3ccccc3C(c3ccccc3)C2)CCOCC1. The van der Waals surface area contributed by atoms with E-state index in [1.54, 1.807) is 0 Å². The fourth-order valence-electron chi connectivity index (χ4n) is 4.00. The molecule has 1 unspecified atom stereocenters. The van der Waals surface area contributed by atoms with Crippen LogP contribution >= 0.6 is 0 Å². The van der Waals surface area contributed by atoms with Gasteiger partial charge in [0.1, 0.15) is 0 Å². The molecule has 1 saturated heterocycles. The summed E-state index contributed by atoms with van der Waals surface area (Å²) in [7, 11) is 0. The average molecular weight is 336 g/mol. The van der Waals surface area contributed by atoms with Crippen molar-refractivity contribution in [3.63, 3.8) is 0 Å². The molecule has 4 heteroatoms. The van der Waals surface area contributed by atoms with E-state index in [0.29, 0.717) is 39.1 Å². The molecule has 0 spiro atoms. The van der Waals surface area contributed by atoms with E-state index >= 15 is 0 Å². The molecule has 2 N–H and O–H groups in total. The lowest BCUT2D eigenvalue weighted by Crippen LogP contribution is -2.59. The second kappa shape index (κ2) is 6.62. The lowest BCUT2D eigenvalue weighted by atomic mass is 9.82. The Labute approximate surface area is 148 Å². The van der Waals surface area contributed by atoms with Crippen molar-refractivity contribution in [1.29, 1.82) is 0 Å². The van der Waals surface area contributed by atoms with Gasteiger partial charge in [0, 0.05) is 32.2 Å². The molecule has 4 nitrogen and oxygen atoms in total. The lowest BCUT2D eigenvalue weighted by molar-refractivity contribution is -0.141. The molecule has 25 heavy (non-hydrogen) atoms. The van der Waals surface area contributed by atoms with Crippen molar-refractivity contribution < 1.29 is 9.53 Å². The van der Waals surface area contributed by atoms with Crippen LogP contribution in [0.15, 0.2) is 54.6 Å². The molecule has 2 aliphatic rings. The van der Waals surface area contributed by atoms with Crippen LogP contribution in [0.1, 0.15) is 35.4 Å². The molecule has 1 amide bonds. The minimum atomic E-state index is -0.786. The molecular formula is C21H24N2O2. The number of carbonyl (C=O) groups excluding carboxylic acids is 1. The van der Waals surface area contributed by atoms with Crippen LogP contribution in [0.25, 0.3) is 0 Å². The van der Waals surface area contributed by atoms with Crippen LogP contribution in [-0.2, 0) is 16.1 Å². The third kappa shape index (κ3) is 3.08. The number of nitrogens with two attached hydrogens (primary N) is 1. The highest BCUT2D eigenvalue weighted by molar-refractivity contribution is 5.86. The molecule has 4 rings (SSSR count). The third-order valence-corrected chi connectivity index (χ3v) is 5.49. The Morgan fingerprint density at radius 1 is 1.04 bits per heavy atom. The Morgan fingerprint density at radius 2 is 1.72 bits per heavy atom. The van der Waals surface area contributed by atoms with Crippen molar-refractivity contribution >= 4 is 5.91 Å². The first kappa shape index (κ1) is 16.3. The first-order valence-corrected chi connectivity index (χ1v) is 8.96. The van der Waals surface area contributed by atoms with Gasteiger partial charge in [0.25, 0.3) is 0 Å². The van der Waals surface area contributed by atoms with E-state index in [9.17, 15) is 4.79 Å². The molecule has 0 aromatic heterocycles. The Balaban J connectivity index is 1.67. The molecule has 0 radical (unpaired) electrons. The summed E-state index contributed by atoms with van der Waals surface area (Å²) >= 11 is 0. The number of ether oxygens (including phenoxy) is 1. The van der Waals surface area contributed by atoms with Crippen LogP contribution in [0.5, 0.6) is 0 Å². The number of carbonyl (C=O) groups is 1. The van der Waals surface area contributed by atoms with Gasteiger partial charge in [0.2, 0.25) is 5.91 Å². The molecule has 2 aliphatic heterocycles. The van der Waals surface area contributed by atoms with Crippen molar-refractivity contribution in [2.75, 3.05) is 19.8 Å². The van der Waals surface area contributed by atoms with Crippen molar-refractivity contribution in [2.24, 2.45) is 5.73 Å². The topological polar surface area (TPSA) is 55.6 Å². The summed E-state index contributed by atoms with van der Waals surface area (Å²) in [6.07, 6.45) is 1.19. The molecule has 1 fully saturated rings. The highest BCUT2D eigenvalue weighted by Gasteiger charge is 2.41. The summed E-state index contributed by atoms with van der Waals surface area (Å²) in [6.45, 7) is 2.45. The molecule has 2 aromatic carbocycles. The van der Waals surface area contributed by atoms with Crippen molar-refractivity contribution in [2.45, 2.75) is 30.8 Å². The predicted octanol–water partition coefficient (Wildman–Crippen LogP) is 2.67. The van der Waals surface area contributed by atoms with E-state index in [-0.39, 0.29) is 11.8 Å². The molecular weight excluding hydrogens is 312 g/mol. The second-order valence-electron chi connectivity index (χ2n) is 7.12. The van der Waals surface area contributed by atoms with E-state index in [2.05, 4.69) is 42.5 Å². The summed E-state index contributed by atoms with van der Waals surface area (Å²) in [6, 6.07) is 18.8. The van der Waals surface area contributed by atoms with E-state index < -0.39 is 5.54 Å². The van der Waals surface area contributed by atoms with Crippen LogP contribution in [0, 0.1) is 0 Å². The lowest BCUT2D eigenvalue weighted by Gasteiger charge is -2.41. The number of benzene rings is 2. The summed E-state index contributed by atoms with van der Waals surface area (Å²) in [4.78, 5) is 15.2. The first-order chi connectivity index (χ1) is 12.2. The minimum absolute atomic E-state index is 0.0613. The number of nitrogens with zero attached hydrogens (tertiary/aromatic N) is 1. The van der Waals surface area contributed by atoms with Crippen molar-refractivity contribution in [3.8, 4) is 0 Å². The van der Waals surface area contributed by atoms with Gasteiger partial charge >= 0.3 is 0 Å². The molecule has 0 bridgehead atoms. The molecule has 0 aliphatic carbocycles. The smallest absolute Gasteiger partial charge is 0.243 e. The third-order valence-electron chi connectivity index (χ3n) is 5.49. The van der Waals surface area contributed by atoms with Gasteiger partial charge < -0.3 is 15.4 Å². The minimum Gasteiger partial charge on any atom is -0.381 e. The Morgan fingerprint density at radius 3 is 2.48 bits per heavy atom. The standard InChI is InChI=1S/C21H24N2O2/c22-21(10-12-25-13-11-21)20(24)23-14-17-8-4-5-9-18(17)19(15-23)16-6-2-1-3-7-16/h1-9,19H,10-15,22H2. The van der Waals surface area contributed by atoms with Gasteiger partial charge in [-0.2, -0.15) is 0 Å². The number of rotatable bonds is 2. The first-order valence-electron chi connectivity index (χ1n) is 8.96. The summed E-state index contributed by atoms with van der Waals surface area (Å²) in [5.41, 5.74) is 9.45. The predicted molar refractivity (Wildman–Crippen MR) is 97.1 cm³/mol. The summed E-state index contributed by atoms with van der Waals surface area (Å²) in [5.74, 6) is 0.254. The molecule has 0 saturated carbocycles. The normalized spacial score (nSPS) is 22.3. The highest BCUT2D eigenvalue weighted by Crippen LogP contribution is 2.35. The number of hydrogen-bond acceptors (Lipinski definition) is 3. The van der Waals surface area contributed by atoms with E-state index in [1.807, 2.05) is 17.0 Å². The molecule has 1 atom stereocenters. The largest absolute Gasteiger partial charge is 0.381 e. The average Bonchev–Trinajstić information content (AvgIpc) is 2.68. The van der Waals surface area contributed by atoms with Crippen LogP contribution in [0.4, 0.5) is 0 Å².